The summed E-state index contributed by atoms with van der Waals surface area (Å²) in [6.45, 7) is 4.78. The number of benzene rings is 10. The molecular formula is C60H43N. The zero-order chi connectivity index (χ0) is 40.7. The van der Waals surface area contributed by atoms with Crippen LogP contribution >= 0.6 is 0 Å². The van der Waals surface area contributed by atoms with E-state index in [9.17, 15) is 0 Å². The van der Waals surface area contributed by atoms with Crippen molar-refractivity contribution in [1.82, 2.24) is 0 Å². The van der Waals surface area contributed by atoms with Gasteiger partial charge in [-0.1, -0.05) is 182 Å². The van der Waals surface area contributed by atoms with Crippen molar-refractivity contribution in [2.75, 3.05) is 4.90 Å². The van der Waals surface area contributed by atoms with E-state index in [0.29, 0.717) is 0 Å². The van der Waals surface area contributed by atoms with E-state index in [1.165, 1.54) is 88.3 Å². The molecule has 288 valence electrons. The minimum absolute atomic E-state index is 0.264. The Morgan fingerprint density at radius 3 is 1.28 bits per heavy atom. The molecule has 1 heteroatoms. The van der Waals surface area contributed by atoms with E-state index in [2.05, 4.69) is 243 Å². The minimum Gasteiger partial charge on any atom is -0.310 e. The van der Waals surface area contributed by atoms with Crippen LogP contribution in [0.15, 0.2) is 224 Å². The zero-order valence-corrected chi connectivity index (χ0v) is 34.3. The molecule has 0 amide bonds. The van der Waals surface area contributed by atoms with E-state index in [-0.39, 0.29) is 10.8 Å². The molecular weight excluding hydrogens is 735 g/mol. The van der Waals surface area contributed by atoms with Crippen LogP contribution in [0.3, 0.4) is 0 Å². The first-order valence-electron chi connectivity index (χ1n) is 21.4. The molecule has 0 aliphatic heterocycles. The maximum absolute atomic E-state index is 2.46. The van der Waals surface area contributed by atoms with Gasteiger partial charge in [0.15, 0.2) is 0 Å². The summed E-state index contributed by atoms with van der Waals surface area (Å²) in [7, 11) is 0. The Hall–Kier alpha value is -7.48. The molecule has 0 saturated heterocycles. The Labute approximate surface area is 357 Å². The molecule has 0 spiro atoms. The Bertz CT molecular complexity index is 3180. The van der Waals surface area contributed by atoms with Gasteiger partial charge in [-0.15, -0.1) is 0 Å². The SMILES string of the molecule is CC1(c2ccccc2)c2ccccc2-c2cc(N(c3ccc(-c4cc5ccccc5c5ccccc45)cc3)c3ccc4c(c3)-c3ccccc3C4(C)c3ccccc3)ccc21. The smallest absolute Gasteiger partial charge is 0.0468 e. The molecule has 2 aliphatic carbocycles. The van der Waals surface area contributed by atoms with Crippen LogP contribution in [0.4, 0.5) is 17.1 Å². The first-order chi connectivity index (χ1) is 30.0. The molecule has 2 atom stereocenters. The van der Waals surface area contributed by atoms with Crippen LogP contribution in [0.25, 0.3) is 54.9 Å². The predicted octanol–water partition coefficient (Wildman–Crippen LogP) is 15.8. The summed E-state index contributed by atoms with van der Waals surface area (Å²) in [6, 6.07) is 83.4. The largest absolute Gasteiger partial charge is 0.310 e. The lowest BCUT2D eigenvalue weighted by Gasteiger charge is -2.30. The van der Waals surface area contributed by atoms with E-state index >= 15 is 0 Å². The topological polar surface area (TPSA) is 3.24 Å². The Balaban J connectivity index is 1.05. The van der Waals surface area contributed by atoms with Crippen LogP contribution in [0.5, 0.6) is 0 Å². The zero-order valence-electron chi connectivity index (χ0n) is 34.3. The van der Waals surface area contributed by atoms with Gasteiger partial charge in [-0.2, -0.15) is 0 Å². The maximum Gasteiger partial charge on any atom is 0.0468 e. The van der Waals surface area contributed by atoms with E-state index in [4.69, 9.17) is 0 Å². The van der Waals surface area contributed by atoms with Gasteiger partial charge in [0.05, 0.1) is 0 Å². The summed E-state index contributed by atoms with van der Waals surface area (Å²) < 4.78 is 0. The summed E-state index contributed by atoms with van der Waals surface area (Å²) in [5.41, 5.74) is 18.4. The second kappa shape index (κ2) is 13.5. The van der Waals surface area contributed by atoms with Gasteiger partial charge < -0.3 is 4.90 Å². The molecule has 2 aliphatic rings. The van der Waals surface area contributed by atoms with Gasteiger partial charge in [-0.3, -0.25) is 0 Å². The van der Waals surface area contributed by atoms with E-state index in [1.54, 1.807) is 0 Å². The van der Waals surface area contributed by atoms with Crippen molar-refractivity contribution in [2.24, 2.45) is 0 Å². The number of anilines is 3. The summed E-state index contributed by atoms with van der Waals surface area (Å²) in [5, 5.41) is 5.09. The molecule has 10 aromatic rings. The van der Waals surface area contributed by atoms with Crippen LogP contribution in [0.1, 0.15) is 47.2 Å². The molecule has 12 rings (SSSR count). The first-order valence-corrected chi connectivity index (χ1v) is 21.4. The van der Waals surface area contributed by atoms with Gasteiger partial charge in [-0.05, 0) is 145 Å². The molecule has 0 heterocycles. The second-order valence-corrected chi connectivity index (χ2v) is 17.1. The van der Waals surface area contributed by atoms with Gasteiger partial charge >= 0.3 is 0 Å². The molecule has 0 saturated carbocycles. The fraction of sp³-hybridized carbons (Fsp3) is 0.0667. The van der Waals surface area contributed by atoms with Gasteiger partial charge in [0, 0.05) is 27.9 Å². The summed E-state index contributed by atoms with van der Waals surface area (Å²) in [5.74, 6) is 0. The fourth-order valence-corrected chi connectivity index (χ4v) is 11.0. The number of hydrogen-bond donors (Lipinski definition) is 0. The van der Waals surface area contributed by atoms with Crippen molar-refractivity contribution >= 4 is 38.6 Å². The van der Waals surface area contributed by atoms with Crippen molar-refractivity contribution in [3.63, 3.8) is 0 Å². The molecule has 0 N–H and O–H groups in total. The average molecular weight is 778 g/mol. The highest BCUT2D eigenvalue weighted by atomic mass is 15.1. The predicted molar refractivity (Wildman–Crippen MR) is 256 cm³/mol. The van der Waals surface area contributed by atoms with Gasteiger partial charge in [0.2, 0.25) is 0 Å². The molecule has 1 nitrogen and oxygen atoms in total. The van der Waals surface area contributed by atoms with Crippen LogP contribution in [-0.4, -0.2) is 0 Å². The lowest BCUT2D eigenvalue weighted by atomic mass is 9.74. The van der Waals surface area contributed by atoms with Crippen LogP contribution in [0.2, 0.25) is 0 Å². The van der Waals surface area contributed by atoms with Gasteiger partial charge in [-0.25, -0.2) is 0 Å². The number of rotatable bonds is 6. The van der Waals surface area contributed by atoms with Crippen molar-refractivity contribution in [3.8, 4) is 33.4 Å². The Morgan fingerprint density at radius 1 is 0.295 bits per heavy atom. The lowest BCUT2D eigenvalue weighted by molar-refractivity contribution is 0.714. The Morgan fingerprint density at radius 2 is 0.721 bits per heavy atom. The summed E-state index contributed by atoms with van der Waals surface area (Å²) >= 11 is 0. The van der Waals surface area contributed by atoms with E-state index in [0.717, 1.165) is 17.1 Å². The first kappa shape index (κ1) is 35.5. The van der Waals surface area contributed by atoms with Crippen LogP contribution in [0, 0.1) is 0 Å². The highest BCUT2D eigenvalue weighted by molar-refractivity contribution is 6.13. The van der Waals surface area contributed by atoms with E-state index < -0.39 is 0 Å². The number of fused-ring (bicyclic) bond motifs is 9. The van der Waals surface area contributed by atoms with Crippen LogP contribution < -0.4 is 4.90 Å². The van der Waals surface area contributed by atoms with Crippen molar-refractivity contribution in [2.45, 2.75) is 24.7 Å². The number of nitrogens with zero attached hydrogens (tertiary/aromatic N) is 1. The fourth-order valence-electron chi connectivity index (χ4n) is 11.0. The third kappa shape index (κ3) is 5.20. The quantitative estimate of drug-likeness (QED) is 0.152. The maximum atomic E-state index is 2.46. The molecule has 2 unspecified atom stereocenters. The molecule has 0 fully saturated rings. The van der Waals surface area contributed by atoms with Crippen molar-refractivity contribution < 1.29 is 0 Å². The second-order valence-electron chi connectivity index (χ2n) is 17.1. The van der Waals surface area contributed by atoms with Gasteiger partial charge in [0.1, 0.15) is 0 Å². The molecule has 61 heavy (non-hydrogen) atoms. The third-order valence-corrected chi connectivity index (χ3v) is 14.0. The van der Waals surface area contributed by atoms with Crippen LogP contribution in [-0.2, 0) is 10.8 Å². The normalized spacial score (nSPS) is 17.1. The van der Waals surface area contributed by atoms with Crippen molar-refractivity contribution in [1.29, 1.82) is 0 Å². The molecule has 0 radical (unpaired) electrons. The van der Waals surface area contributed by atoms with Gasteiger partial charge in [0.25, 0.3) is 0 Å². The van der Waals surface area contributed by atoms with E-state index in [1.807, 2.05) is 0 Å². The lowest BCUT2D eigenvalue weighted by Crippen LogP contribution is -2.22. The third-order valence-electron chi connectivity index (χ3n) is 14.0. The standard InChI is InChI=1S/C60H43N/c1-59(42-18-5-3-6-19-42)55-27-15-13-25-50(55)53-38-45(33-35-57(53)59)61(44-31-29-40(30-32-44)52-37-41-17-9-10-22-47(41)48-23-11-12-24-49(48)52)46-34-36-58-54(39-46)51-26-14-16-28-56(51)60(58,2)43-20-7-4-8-21-43/h3-39H,1-2H3. The molecule has 0 aromatic heterocycles. The minimum atomic E-state index is -0.264. The summed E-state index contributed by atoms with van der Waals surface area (Å²) in [4.78, 5) is 2.46. The Kier molecular flexibility index (Phi) is 7.86. The average Bonchev–Trinajstić information content (AvgIpc) is 3.75. The number of hydrogen-bond acceptors (Lipinski definition) is 1. The highest BCUT2D eigenvalue weighted by Crippen LogP contribution is 2.56. The monoisotopic (exact) mass is 777 g/mol. The summed E-state index contributed by atoms with van der Waals surface area (Å²) in [6.07, 6.45) is 0. The highest BCUT2D eigenvalue weighted by Gasteiger charge is 2.42. The molecule has 10 aromatic carbocycles. The van der Waals surface area contributed by atoms with Crippen molar-refractivity contribution in [3.05, 3.63) is 258 Å². The molecule has 0 bridgehead atoms.